The molecule has 96 valence electrons. The molecule has 0 aliphatic rings. The number of carbonyl (C=O) groups excluding carboxylic acids is 2. The molecule has 1 aromatic heterocycles. The largest absolute Gasteiger partial charge is 0.543 e. The van der Waals surface area contributed by atoms with Gasteiger partial charge >= 0.3 is 0 Å². The van der Waals surface area contributed by atoms with Crippen molar-refractivity contribution < 1.29 is 19.4 Å². The fourth-order valence-electron chi connectivity index (χ4n) is 1.65. The molecular weight excluding hydrogens is 246 g/mol. The first-order chi connectivity index (χ1) is 9.13. The summed E-state index contributed by atoms with van der Waals surface area (Å²) in [5.41, 5.74) is 0.00675. The molecule has 0 atom stereocenters. The Bertz CT molecular complexity index is 620. The lowest BCUT2D eigenvalue weighted by Gasteiger charge is -2.08. The average Bonchev–Trinajstić information content (AvgIpc) is 2.46. The number of methoxy groups -OCH3 is 1. The van der Waals surface area contributed by atoms with E-state index in [-0.39, 0.29) is 11.3 Å². The summed E-state index contributed by atoms with van der Waals surface area (Å²) in [6.45, 7) is 0. The van der Waals surface area contributed by atoms with Crippen LogP contribution in [-0.4, -0.2) is 23.8 Å². The number of carbonyl (C=O) groups is 2. The van der Waals surface area contributed by atoms with Gasteiger partial charge in [0, 0.05) is 11.8 Å². The van der Waals surface area contributed by atoms with Crippen LogP contribution in [0.15, 0.2) is 42.6 Å². The second-order valence-electron chi connectivity index (χ2n) is 3.74. The van der Waals surface area contributed by atoms with Gasteiger partial charge < -0.3 is 14.6 Å². The minimum Gasteiger partial charge on any atom is -0.543 e. The van der Waals surface area contributed by atoms with Crippen LogP contribution in [0.2, 0.25) is 0 Å². The zero-order chi connectivity index (χ0) is 13.8. The van der Waals surface area contributed by atoms with Gasteiger partial charge in [0.25, 0.3) is 0 Å². The van der Waals surface area contributed by atoms with Gasteiger partial charge in [-0.1, -0.05) is 0 Å². The van der Waals surface area contributed by atoms with Gasteiger partial charge in [-0.2, -0.15) is 0 Å². The maximum atomic E-state index is 12.2. The van der Waals surface area contributed by atoms with Crippen molar-refractivity contribution in [2.45, 2.75) is 0 Å². The number of ketones is 1. The number of carboxylic acids is 1. The molecule has 1 heterocycles. The van der Waals surface area contributed by atoms with Gasteiger partial charge in [0.05, 0.1) is 24.3 Å². The van der Waals surface area contributed by atoms with Crippen LogP contribution >= 0.6 is 0 Å². The highest BCUT2D eigenvalue weighted by atomic mass is 16.5. The van der Waals surface area contributed by atoms with Crippen molar-refractivity contribution in [1.82, 2.24) is 4.98 Å². The highest BCUT2D eigenvalue weighted by molar-refractivity contribution is 6.13. The SMILES string of the molecule is COc1ccc(C(=O)c2cccnc2C(=O)[O-])cc1. The first-order valence-corrected chi connectivity index (χ1v) is 5.48. The molecule has 2 rings (SSSR count). The van der Waals surface area contributed by atoms with E-state index >= 15 is 0 Å². The highest BCUT2D eigenvalue weighted by Crippen LogP contribution is 2.16. The van der Waals surface area contributed by atoms with Gasteiger partial charge in [-0.05, 0) is 36.4 Å². The number of nitrogens with zero attached hydrogens (tertiary/aromatic N) is 1. The van der Waals surface area contributed by atoms with Crippen molar-refractivity contribution in [3.05, 3.63) is 59.4 Å². The van der Waals surface area contributed by atoms with Crippen LogP contribution < -0.4 is 9.84 Å². The van der Waals surface area contributed by atoms with E-state index in [0.717, 1.165) is 0 Å². The molecule has 0 aliphatic carbocycles. The number of carboxylic acid groups (broad SMARTS) is 1. The number of benzene rings is 1. The maximum Gasteiger partial charge on any atom is 0.195 e. The third kappa shape index (κ3) is 2.60. The van der Waals surface area contributed by atoms with Crippen LogP contribution in [0.25, 0.3) is 0 Å². The number of aromatic carboxylic acids is 1. The van der Waals surface area contributed by atoms with Crippen molar-refractivity contribution in [2.75, 3.05) is 7.11 Å². The second-order valence-corrected chi connectivity index (χ2v) is 3.74. The molecule has 0 saturated heterocycles. The monoisotopic (exact) mass is 256 g/mol. The summed E-state index contributed by atoms with van der Waals surface area (Å²) in [5.74, 6) is -1.28. The molecule has 19 heavy (non-hydrogen) atoms. The summed E-state index contributed by atoms with van der Waals surface area (Å²) >= 11 is 0. The third-order valence-corrected chi connectivity index (χ3v) is 2.60. The van der Waals surface area contributed by atoms with Gasteiger partial charge in [0.2, 0.25) is 0 Å². The van der Waals surface area contributed by atoms with Gasteiger partial charge in [0.15, 0.2) is 5.78 Å². The standard InChI is InChI=1S/C14H11NO4/c1-19-10-6-4-9(5-7-10)13(16)11-3-2-8-15-12(11)14(17)18/h2-8H,1H3,(H,17,18)/p-1. The van der Waals surface area contributed by atoms with Crippen molar-refractivity contribution >= 4 is 11.8 Å². The zero-order valence-electron chi connectivity index (χ0n) is 10.1. The molecule has 1 aromatic carbocycles. The number of hydrogen-bond acceptors (Lipinski definition) is 5. The van der Waals surface area contributed by atoms with Crippen molar-refractivity contribution in [3.63, 3.8) is 0 Å². The molecule has 0 bridgehead atoms. The Labute approximate surface area is 109 Å². The number of rotatable bonds is 4. The Hall–Kier alpha value is -2.69. The van der Waals surface area contributed by atoms with Crippen LogP contribution in [0.1, 0.15) is 26.4 Å². The average molecular weight is 256 g/mol. The fraction of sp³-hybridized carbons (Fsp3) is 0.0714. The molecule has 2 aromatic rings. The lowest BCUT2D eigenvalue weighted by molar-refractivity contribution is -0.255. The van der Waals surface area contributed by atoms with Crippen LogP contribution in [0.4, 0.5) is 0 Å². The highest BCUT2D eigenvalue weighted by Gasteiger charge is 2.14. The molecular formula is C14H10NO4-. The number of aromatic nitrogens is 1. The topological polar surface area (TPSA) is 79.3 Å². The molecule has 0 saturated carbocycles. The van der Waals surface area contributed by atoms with Crippen molar-refractivity contribution in [3.8, 4) is 5.75 Å². The van der Waals surface area contributed by atoms with E-state index in [1.807, 2.05) is 0 Å². The molecule has 0 spiro atoms. The van der Waals surface area contributed by atoms with Crippen LogP contribution in [0, 0.1) is 0 Å². The first kappa shape index (κ1) is 12.8. The molecule has 5 heteroatoms. The molecule has 0 fully saturated rings. The Morgan fingerprint density at radius 1 is 1.16 bits per heavy atom. The minimum atomic E-state index is -1.47. The summed E-state index contributed by atoms with van der Waals surface area (Å²) in [6.07, 6.45) is 1.30. The molecule has 0 radical (unpaired) electrons. The van der Waals surface area contributed by atoms with Gasteiger partial charge in [-0.3, -0.25) is 9.78 Å². The van der Waals surface area contributed by atoms with E-state index in [1.165, 1.54) is 25.4 Å². The van der Waals surface area contributed by atoms with Crippen LogP contribution in [0.5, 0.6) is 5.75 Å². The first-order valence-electron chi connectivity index (χ1n) is 5.48. The Morgan fingerprint density at radius 2 is 1.84 bits per heavy atom. The Kier molecular flexibility index (Phi) is 3.56. The van der Waals surface area contributed by atoms with E-state index in [1.54, 1.807) is 24.3 Å². The lowest BCUT2D eigenvalue weighted by atomic mass is 10.0. The smallest absolute Gasteiger partial charge is 0.195 e. The fourth-order valence-corrected chi connectivity index (χ4v) is 1.65. The summed E-state index contributed by atoms with van der Waals surface area (Å²) in [7, 11) is 1.52. The summed E-state index contributed by atoms with van der Waals surface area (Å²) in [4.78, 5) is 26.8. The normalized spacial score (nSPS) is 9.95. The predicted octanol–water partition coefficient (Wildman–Crippen LogP) is 0.685. The molecule has 0 N–H and O–H groups in total. The predicted molar refractivity (Wildman–Crippen MR) is 65.0 cm³/mol. The van der Waals surface area contributed by atoms with Crippen molar-refractivity contribution in [1.29, 1.82) is 0 Å². The molecule has 0 amide bonds. The third-order valence-electron chi connectivity index (χ3n) is 2.60. The van der Waals surface area contributed by atoms with Gasteiger partial charge in [-0.15, -0.1) is 0 Å². The van der Waals surface area contributed by atoms with Crippen molar-refractivity contribution in [2.24, 2.45) is 0 Å². The number of hydrogen-bond donors (Lipinski definition) is 0. The van der Waals surface area contributed by atoms with Gasteiger partial charge in [0.1, 0.15) is 5.75 Å². The summed E-state index contributed by atoms with van der Waals surface area (Å²) in [5, 5.41) is 10.9. The van der Waals surface area contributed by atoms with Crippen LogP contribution in [0.3, 0.4) is 0 Å². The van der Waals surface area contributed by atoms with E-state index in [2.05, 4.69) is 4.98 Å². The van der Waals surface area contributed by atoms with E-state index < -0.39 is 11.8 Å². The summed E-state index contributed by atoms with van der Waals surface area (Å²) < 4.78 is 4.99. The number of ether oxygens (including phenoxy) is 1. The lowest BCUT2D eigenvalue weighted by Crippen LogP contribution is -2.26. The Morgan fingerprint density at radius 3 is 2.42 bits per heavy atom. The zero-order valence-corrected chi connectivity index (χ0v) is 10.1. The van der Waals surface area contributed by atoms with E-state index in [0.29, 0.717) is 11.3 Å². The van der Waals surface area contributed by atoms with E-state index in [4.69, 9.17) is 4.74 Å². The summed E-state index contributed by atoms with van der Waals surface area (Å²) in [6, 6.07) is 9.29. The molecule has 0 unspecified atom stereocenters. The Balaban J connectivity index is 2.41. The number of pyridine rings is 1. The van der Waals surface area contributed by atoms with E-state index in [9.17, 15) is 14.7 Å². The minimum absolute atomic E-state index is 0.00710. The maximum absolute atomic E-state index is 12.2. The van der Waals surface area contributed by atoms with Gasteiger partial charge in [-0.25, -0.2) is 0 Å². The molecule has 5 nitrogen and oxygen atoms in total. The van der Waals surface area contributed by atoms with Crippen LogP contribution in [-0.2, 0) is 0 Å². The molecule has 0 aliphatic heterocycles. The second kappa shape index (κ2) is 5.30. The quantitative estimate of drug-likeness (QED) is 0.752.